The van der Waals surface area contributed by atoms with Crippen molar-refractivity contribution in [1.82, 2.24) is 10.2 Å². The molecule has 3 unspecified atom stereocenters. The number of rotatable bonds is 4. The van der Waals surface area contributed by atoms with Crippen LogP contribution in [0, 0.1) is 11.3 Å². The van der Waals surface area contributed by atoms with Crippen LogP contribution in [0.4, 0.5) is 0 Å². The van der Waals surface area contributed by atoms with Crippen molar-refractivity contribution in [3.8, 4) is 0 Å². The molecule has 0 aromatic carbocycles. The zero-order valence-corrected chi connectivity index (χ0v) is 12.0. The fraction of sp³-hybridized carbons (Fsp3) is 1.00. The van der Waals surface area contributed by atoms with Gasteiger partial charge in [0.2, 0.25) is 0 Å². The summed E-state index contributed by atoms with van der Waals surface area (Å²) in [5, 5.41) is 3.39. The van der Waals surface area contributed by atoms with Crippen molar-refractivity contribution in [2.45, 2.75) is 59.5 Å². The summed E-state index contributed by atoms with van der Waals surface area (Å²) >= 11 is 0. The fourth-order valence-corrected chi connectivity index (χ4v) is 2.70. The molecule has 1 aliphatic heterocycles. The van der Waals surface area contributed by atoms with E-state index in [0.717, 1.165) is 12.0 Å². The summed E-state index contributed by atoms with van der Waals surface area (Å²) in [5.41, 5.74) is 0.347. The minimum atomic E-state index is 0.347. The van der Waals surface area contributed by atoms with Gasteiger partial charge in [-0.3, -0.25) is 4.90 Å². The van der Waals surface area contributed by atoms with Gasteiger partial charge in [-0.2, -0.15) is 0 Å². The molecule has 16 heavy (non-hydrogen) atoms. The minimum Gasteiger partial charge on any atom is -0.317 e. The quantitative estimate of drug-likeness (QED) is 0.793. The second-order valence-corrected chi connectivity index (χ2v) is 6.33. The van der Waals surface area contributed by atoms with Gasteiger partial charge in [0.15, 0.2) is 0 Å². The van der Waals surface area contributed by atoms with E-state index < -0.39 is 0 Å². The summed E-state index contributed by atoms with van der Waals surface area (Å²) < 4.78 is 0. The molecule has 0 bridgehead atoms. The molecule has 1 saturated heterocycles. The van der Waals surface area contributed by atoms with E-state index in [1.807, 2.05) is 0 Å². The summed E-state index contributed by atoms with van der Waals surface area (Å²) in [6.07, 6.45) is 2.77. The molecule has 1 fully saturated rings. The second-order valence-electron chi connectivity index (χ2n) is 6.33. The van der Waals surface area contributed by atoms with Crippen molar-refractivity contribution < 1.29 is 0 Å². The first-order chi connectivity index (χ1) is 7.38. The van der Waals surface area contributed by atoms with Gasteiger partial charge in [0, 0.05) is 18.6 Å². The zero-order chi connectivity index (χ0) is 12.3. The summed E-state index contributed by atoms with van der Waals surface area (Å²) in [7, 11) is 2.06. The largest absolute Gasteiger partial charge is 0.317 e. The van der Waals surface area contributed by atoms with Crippen LogP contribution in [0.3, 0.4) is 0 Å². The first-order valence-electron chi connectivity index (χ1n) is 6.80. The van der Waals surface area contributed by atoms with Crippen molar-refractivity contribution >= 4 is 0 Å². The molecule has 96 valence electrons. The van der Waals surface area contributed by atoms with Gasteiger partial charge < -0.3 is 5.32 Å². The highest BCUT2D eigenvalue weighted by Gasteiger charge is 2.32. The predicted octanol–water partition coefficient (Wildman–Crippen LogP) is 2.74. The van der Waals surface area contributed by atoms with Crippen LogP contribution >= 0.6 is 0 Å². The molecule has 0 aliphatic carbocycles. The van der Waals surface area contributed by atoms with Gasteiger partial charge in [0.05, 0.1) is 0 Å². The average molecular weight is 226 g/mol. The molecule has 1 N–H and O–H groups in total. The lowest BCUT2D eigenvalue weighted by Crippen LogP contribution is -2.51. The number of likely N-dealkylation sites (tertiary alicyclic amines) is 1. The van der Waals surface area contributed by atoms with E-state index >= 15 is 0 Å². The average Bonchev–Trinajstić information content (AvgIpc) is 2.23. The van der Waals surface area contributed by atoms with Gasteiger partial charge >= 0.3 is 0 Å². The first-order valence-corrected chi connectivity index (χ1v) is 6.80. The van der Waals surface area contributed by atoms with E-state index in [4.69, 9.17) is 0 Å². The minimum absolute atomic E-state index is 0.347. The molecule has 2 heteroatoms. The van der Waals surface area contributed by atoms with Crippen LogP contribution in [0.1, 0.15) is 47.5 Å². The Hall–Kier alpha value is -0.0800. The molecule has 0 saturated carbocycles. The number of nitrogens with one attached hydrogen (secondary N) is 1. The van der Waals surface area contributed by atoms with Gasteiger partial charge in [-0.05, 0) is 51.6 Å². The lowest BCUT2D eigenvalue weighted by atomic mass is 9.82. The number of piperidine rings is 1. The molecule has 1 heterocycles. The monoisotopic (exact) mass is 226 g/mol. The third-order valence-corrected chi connectivity index (χ3v) is 4.72. The Morgan fingerprint density at radius 3 is 2.56 bits per heavy atom. The van der Waals surface area contributed by atoms with E-state index in [9.17, 15) is 0 Å². The molecule has 3 atom stereocenters. The fourth-order valence-electron chi connectivity index (χ4n) is 2.70. The standard InChI is InChI=1S/C14H30N2/c1-11-8-7-9-16(12(11)2)10-14(4,5)13(3)15-6/h11-13,15H,7-10H2,1-6H3. The van der Waals surface area contributed by atoms with E-state index in [0.29, 0.717) is 11.5 Å². The van der Waals surface area contributed by atoms with Crippen molar-refractivity contribution in [1.29, 1.82) is 0 Å². The summed E-state index contributed by atoms with van der Waals surface area (Å²) in [5.74, 6) is 0.856. The Balaban J connectivity index is 2.58. The molecule has 1 aliphatic rings. The maximum absolute atomic E-state index is 3.39. The molecular weight excluding hydrogens is 196 g/mol. The summed E-state index contributed by atoms with van der Waals surface area (Å²) in [6.45, 7) is 14.3. The lowest BCUT2D eigenvalue weighted by Gasteiger charge is -2.44. The lowest BCUT2D eigenvalue weighted by molar-refractivity contribution is 0.0602. The molecule has 0 aromatic rings. The van der Waals surface area contributed by atoms with Crippen LogP contribution < -0.4 is 5.32 Å². The summed E-state index contributed by atoms with van der Waals surface area (Å²) in [4.78, 5) is 2.68. The van der Waals surface area contributed by atoms with E-state index in [1.165, 1.54) is 25.9 Å². The Morgan fingerprint density at radius 2 is 2.00 bits per heavy atom. The second kappa shape index (κ2) is 5.50. The third kappa shape index (κ3) is 3.21. The van der Waals surface area contributed by atoms with Crippen LogP contribution in [-0.4, -0.2) is 37.1 Å². The van der Waals surface area contributed by atoms with E-state index in [2.05, 4.69) is 51.9 Å². The molecule has 0 radical (unpaired) electrons. The van der Waals surface area contributed by atoms with Crippen LogP contribution in [-0.2, 0) is 0 Å². The van der Waals surface area contributed by atoms with E-state index in [1.54, 1.807) is 0 Å². The maximum atomic E-state index is 3.39. The van der Waals surface area contributed by atoms with Crippen molar-refractivity contribution in [3.05, 3.63) is 0 Å². The highest BCUT2D eigenvalue weighted by atomic mass is 15.2. The summed E-state index contributed by atoms with van der Waals surface area (Å²) in [6, 6.07) is 1.31. The molecule has 1 rings (SSSR count). The van der Waals surface area contributed by atoms with Crippen LogP contribution in [0.5, 0.6) is 0 Å². The Kier molecular flexibility index (Phi) is 4.81. The maximum Gasteiger partial charge on any atom is 0.00991 e. The van der Waals surface area contributed by atoms with Gasteiger partial charge in [-0.25, -0.2) is 0 Å². The zero-order valence-electron chi connectivity index (χ0n) is 12.0. The number of hydrogen-bond acceptors (Lipinski definition) is 2. The predicted molar refractivity (Wildman–Crippen MR) is 71.7 cm³/mol. The SMILES string of the molecule is CNC(C)C(C)(C)CN1CCCC(C)C1C. The Morgan fingerprint density at radius 1 is 1.38 bits per heavy atom. The van der Waals surface area contributed by atoms with Gasteiger partial charge in [-0.15, -0.1) is 0 Å². The van der Waals surface area contributed by atoms with E-state index in [-0.39, 0.29) is 0 Å². The van der Waals surface area contributed by atoms with Crippen molar-refractivity contribution in [2.24, 2.45) is 11.3 Å². The van der Waals surface area contributed by atoms with Crippen molar-refractivity contribution in [3.63, 3.8) is 0 Å². The molecule has 0 amide bonds. The van der Waals surface area contributed by atoms with Crippen molar-refractivity contribution in [2.75, 3.05) is 20.1 Å². The van der Waals surface area contributed by atoms with Crippen LogP contribution in [0.15, 0.2) is 0 Å². The highest BCUT2D eigenvalue weighted by Crippen LogP contribution is 2.28. The first kappa shape index (κ1) is 14.0. The smallest absolute Gasteiger partial charge is 0.00991 e. The molecule has 0 spiro atoms. The van der Waals surface area contributed by atoms with Gasteiger partial charge in [-0.1, -0.05) is 20.8 Å². The molecule has 2 nitrogen and oxygen atoms in total. The highest BCUT2D eigenvalue weighted by molar-refractivity contribution is 4.87. The normalized spacial score (nSPS) is 30.4. The third-order valence-electron chi connectivity index (χ3n) is 4.72. The molecule has 0 aromatic heterocycles. The number of hydrogen-bond donors (Lipinski definition) is 1. The number of nitrogens with zero attached hydrogens (tertiary/aromatic N) is 1. The Bertz CT molecular complexity index is 213. The molecular formula is C14H30N2. The Labute approximate surface area is 102 Å². The topological polar surface area (TPSA) is 15.3 Å². The van der Waals surface area contributed by atoms with Gasteiger partial charge in [0.25, 0.3) is 0 Å². The van der Waals surface area contributed by atoms with Gasteiger partial charge in [0.1, 0.15) is 0 Å². The van der Waals surface area contributed by atoms with Crippen LogP contribution in [0.2, 0.25) is 0 Å². The van der Waals surface area contributed by atoms with Crippen LogP contribution in [0.25, 0.3) is 0 Å².